The summed E-state index contributed by atoms with van der Waals surface area (Å²) >= 11 is 0. The maximum absolute atomic E-state index is 6.35. The van der Waals surface area contributed by atoms with Crippen LogP contribution < -0.4 is 4.74 Å². The molecule has 0 unspecified atom stereocenters. The molecule has 1 aromatic carbocycles. The zero-order valence-electron chi connectivity index (χ0n) is 11.9. The van der Waals surface area contributed by atoms with Crippen molar-refractivity contribution in [2.45, 2.75) is 51.6 Å². The van der Waals surface area contributed by atoms with Gasteiger partial charge >= 0.3 is 0 Å². The Bertz CT molecular complexity index is 538. The zero-order valence-corrected chi connectivity index (χ0v) is 11.9. The van der Waals surface area contributed by atoms with Gasteiger partial charge in [0.2, 0.25) is 0 Å². The molecule has 1 atom stereocenters. The lowest BCUT2D eigenvalue weighted by atomic mass is 9.82. The molecule has 100 valence electrons. The summed E-state index contributed by atoms with van der Waals surface area (Å²) in [5, 5.41) is 0. The minimum Gasteiger partial charge on any atom is -0.478 e. The first-order valence-corrected chi connectivity index (χ1v) is 7.42. The molecule has 1 heterocycles. The van der Waals surface area contributed by atoms with E-state index in [-0.39, 0.29) is 5.60 Å². The summed E-state index contributed by atoms with van der Waals surface area (Å²) < 4.78 is 6.35. The van der Waals surface area contributed by atoms with Gasteiger partial charge in [-0.3, -0.25) is 0 Å². The average molecular weight is 254 g/mol. The van der Waals surface area contributed by atoms with Crippen molar-refractivity contribution in [3.8, 4) is 5.75 Å². The number of ether oxygens (including phenoxy) is 1. The second-order valence-electron chi connectivity index (χ2n) is 5.70. The first-order chi connectivity index (χ1) is 9.23. The summed E-state index contributed by atoms with van der Waals surface area (Å²) in [6.45, 7) is 4.44. The maximum atomic E-state index is 6.35. The molecule has 19 heavy (non-hydrogen) atoms. The normalized spacial score (nSPS) is 26.0. The number of allylic oxidation sites excluding steroid dienone is 2. The zero-order chi connectivity index (χ0) is 13.3. The molecule has 0 fully saturated rings. The molecule has 1 heteroatoms. The molecule has 1 aliphatic carbocycles. The Morgan fingerprint density at radius 2 is 2.05 bits per heavy atom. The number of fused-ring (bicyclic) bond motifs is 1. The smallest absolute Gasteiger partial charge is 0.146 e. The highest BCUT2D eigenvalue weighted by Crippen LogP contribution is 2.42. The second kappa shape index (κ2) is 4.88. The Labute approximate surface area is 116 Å². The lowest BCUT2D eigenvalue weighted by molar-refractivity contribution is 0.168. The van der Waals surface area contributed by atoms with E-state index in [1.54, 1.807) is 0 Å². The monoisotopic (exact) mass is 254 g/mol. The van der Waals surface area contributed by atoms with E-state index in [1.807, 2.05) is 0 Å². The van der Waals surface area contributed by atoms with E-state index in [1.165, 1.54) is 42.4 Å². The molecule has 3 rings (SSSR count). The van der Waals surface area contributed by atoms with Gasteiger partial charge in [0.1, 0.15) is 11.4 Å². The maximum Gasteiger partial charge on any atom is 0.146 e. The fourth-order valence-electron chi connectivity index (χ4n) is 3.23. The van der Waals surface area contributed by atoms with Crippen LogP contribution in [0.4, 0.5) is 0 Å². The standard InChI is InChI=1S/C18H22O/c1-3-14-13-18(2,15-9-5-4-6-10-15)19-17-12-8-7-11-16(14)17/h7-9,11-13H,3-6,10H2,1-2H3/t18-/m1/s1. The van der Waals surface area contributed by atoms with Crippen molar-refractivity contribution < 1.29 is 4.74 Å². The van der Waals surface area contributed by atoms with Crippen molar-refractivity contribution in [3.05, 3.63) is 47.6 Å². The van der Waals surface area contributed by atoms with E-state index in [4.69, 9.17) is 4.74 Å². The van der Waals surface area contributed by atoms with Gasteiger partial charge in [-0.2, -0.15) is 0 Å². The van der Waals surface area contributed by atoms with E-state index in [9.17, 15) is 0 Å². The van der Waals surface area contributed by atoms with Crippen LogP contribution in [0.25, 0.3) is 5.57 Å². The van der Waals surface area contributed by atoms with E-state index in [2.05, 4.69) is 50.3 Å². The molecule has 1 nitrogen and oxygen atoms in total. The van der Waals surface area contributed by atoms with Gasteiger partial charge in [0, 0.05) is 5.56 Å². The van der Waals surface area contributed by atoms with Crippen LogP contribution in [0.5, 0.6) is 5.75 Å². The van der Waals surface area contributed by atoms with E-state index < -0.39 is 0 Å². The summed E-state index contributed by atoms with van der Waals surface area (Å²) in [4.78, 5) is 0. The topological polar surface area (TPSA) is 9.23 Å². The van der Waals surface area contributed by atoms with Gasteiger partial charge in [-0.1, -0.05) is 31.2 Å². The van der Waals surface area contributed by atoms with Crippen molar-refractivity contribution >= 4 is 5.57 Å². The third kappa shape index (κ3) is 2.22. The predicted molar refractivity (Wildman–Crippen MR) is 80.3 cm³/mol. The number of rotatable bonds is 2. The molecule has 0 amide bonds. The van der Waals surface area contributed by atoms with Gasteiger partial charge in [0.05, 0.1) is 0 Å². The number of para-hydroxylation sites is 1. The minimum absolute atomic E-state index is 0.236. The predicted octanol–water partition coefficient (Wildman–Crippen LogP) is 5.13. The van der Waals surface area contributed by atoms with Gasteiger partial charge in [-0.05, 0) is 62.3 Å². The molecule has 1 aliphatic heterocycles. The van der Waals surface area contributed by atoms with Crippen molar-refractivity contribution in [1.29, 1.82) is 0 Å². The molecule has 0 aromatic heterocycles. The molecule has 0 N–H and O–H groups in total. The third-order valence-electron chi connectivity index (χ3n) is 4.31. The van der Waals surface area contributed by atoms with E-state index >= 15 is 0 Å². The van der Waals surface area contributed by atoms with Crippen molar-refractivity contribution in [2.24, 2.45) is 0 Å². The quantitative estimate of drug-likeness (QED) is 0.665. The fraction of sp³-hybridized carbons (Fsp3) is 0.444. The Kier molecular flexibility index (Phi) is 3.22. The summed E-state index contributed by atoms with van der Waals surface area (Å²) in [6, 6.07) is 8.42. The van der Waals surface area contributed by atoms with E-state index in [0.717, 1.165) is 12.2 Å². The minimum atomic E-state index is -0.236. The van der Waals surface area contributed by atoms with Crippen LogP contribution in [-0.4, -0.2) is 5.60 Å². The molecule has 0 radical (unpaired) electrons. The molecule has 0 spiro atoms. The summed E-state index contributed by atoms with van der Waals surface area (Å²) in [5.41, 5.74) is 3.90. The van der Waals surface area contributed by atoms with Gasteiger partial charge < -0.3 is 4.74 Å². The Morgan fingerprint density at radius 1 is 1.21 bits per heavy atom. The molecule has 1 aromatic rings. The Balaban J connectivity index is 2.04. The summed E-state index contributed by atoms with van der Waals surface area (Å²) in [7, 11) is 0. The van der Waals surface area contributed by atoms with Gasteiger partial charge in [0.15, 0.2) is 0 Å². The molecule has 0 bridgehead atoms. The Morgan fingerprint density at radius 3 is 2.79 bits per heavy atom. The van der Waals surface area contributed by atoms with Crippen LogP contribution in [0.3, 0.4) is 0 Å². The summed E-state index contributed by atoms with van der Waals surface area (Å²) in [6.07, 6.45) is 10.8. The van der Waals surface area contributed by atoms with Crippen LogP contribution >= 0.6 is 0 Å². The lowest BCUT2D eigenvalue weighted by Gasteiger charge is -2.37. The highest BCUT2D eigenvalue weighted by molar-refractivity contribution is 5.74. The summed E-state index contributed by atoms with van der Waals surface area (Å²) in [5.74, 6) is 1.04. The molecule has 2 aliphatic rings. The van der Waals surface area contributed by atoms with Crippen molar-refractivity contribution in [1.82, 2.24) is 0 Å². The van der Waals surface area contributed by atoms with Crippen LogP contribution in [0.15, 0.2) is 42.0 Å². The number of hydrogen-bond acceptors (Lipinski definition) is 1. The largest absolute Gasteiger partial charge is 0.478 e. The number of hydrogen-bond donors (Lipinski definition) is 0. The highest BCUT2D eigenvalue weighted by atomic mass is 16.5. The molecule has 0 saturated carbocycles. The van der Waals surface area contributed by atoms with Crippen molar-refractivity contribution in [2.75, 3.05) is 0 Å². The first kappa shape index (κ1) is 12.5. The van der Waals surface area contributed by atoms with E-state index in [0.29, 0.717) is 0 Å². The molecule has 0 saturated heterocycles. The SMILES string of the molecule is CCC1=C[C@](C)(C2=CCCCC2)Oc2ccccc21. The van der Waals surface area contributed by atoms with Crippen LogP contribution in [0, 0.1) is 0 Å². The van der Waals surface area contributed by atoms with Crippen LogP contribution in [0.1, 0.15) is 51.5 Å². The third-order valence-corrected chi connectivity index (χ3v) is 4.31. The number of benzene rings is 1. The molecular formula is C18H22O. The second-order valence-corrected chi connectivity index (χ2v) is 5.70. The Hall–Kier alpha value is -1.50. The fourth-order valence-corrected chi connectivity index (χ4v) is 3.23. The average Bonchev–Trinajstić information content (AvgIpc) is 2.47. The highest BCUT2D eigenvalue weighted by Gasteiger charge is 2.34. The van der Waals surface area contributed by atoms with Gasteiger partial charge in [-0.15, -0.1) is 0 Å². The van der Waals surface area contributed by atoms with Crippen LogP contribution in [0.2, 0.25) is 0 Å². The molecular weight excluding hydrogens is 232 g/mol. The van der Waals surface area contributed by atoms with Gasteiger partial charge in [0.25, 0.3) is 0 Å². The first-order valence-electron chi connectivity index (χ1n) is 7.42. The van der Waals surface area contributed by atoms with Crippen molar-refractivity contribution in [3.63, 3.8) is 0 Å². The van der Waals surface area contributed by atoms with Gasteiger partial charge in [-0.25, -0.2) is 0 Å². The lowest BCUT2D eigenvalue weighted by Crippen LogP contribution is -2.36. The van der Waals surface area contributed by atoms with Crippen LogP contribution in [-0.2, 0) is 0 Å².